The van der Waals surface area contributed by atoms with Crippen LogP contribution in [0.3, 0.4) is 0 Å². The molecule has 24 heavy (non-hydrogen) atoms. The molecule has 0 aliphatic carbocycles. The predicted octanol–water partition coefficient (Wildman–Crippen LogP) is 3.42. The number of nitrogens with one attached hydrogen (secondary N) is 1. The van der Waals surface area contributed by atoms with Gasteiger partial charge in [0.05, 0.1) is 5.52 Å². The molecule has 1 fully saturated rings. The zero-order chi connectivity index (χ0) is 16.4. The molecule has 124 valence electrons. The quantitative estimate of drug-likeness (QED) is 0.742. The molecule has 0 amide bonds. The zero-order valence-electron chi connectivity index (χ0n) is 13.2. The third-order valence-electron chi connectivity index (χ3n) is 4.28. The minimum Gasteiger partial charge on any atom is -0.381 e. The van der Waals surface area contributed by atoms with Crippen molar-refractivity contribution in [1.29, 1.82) is 0 Å². The molecule has 4 rings (SSSR count). The Hall–Kier alpha value is -1.99. The topological polar surface area (TPSA) is 64.9 Å². The van der Waals surface area contributed by atoms with E-state index in [9.17, 15) is 0 Å². The van der Waals surface area contributed by atoms with Crippen LogP contribution in [-0.4, -0.2) is 39.3 Å². The summed E-state index contributed by atoms with van der Waals surface area (Å²) in [4.78, 5) is 13.4. The normalized spacial score (nSPS) is 15.7. The highest BCUT2D eigenvalue weighted by Crippen LogP contribution is 2.26. The van der Waals surface area contributed by atoms with Crippen LogP contribution in [0.1, 0.15) is 12.8 Å². The van der Waals surface area contributed by atoms with Crippen molar-refractivity contribution in [1.82, 2.24) is 19.5 Å². The number of nitrogens with zero attached hydrogens (tertiary/aromatic N) is 4. The fourth-order valence-corrected chi connectivity index (χ4v) is 3.27. The standard InChI is InChI=1S/C17H18BrN5O/c18-13-1-2-15-14(9-13)16(20-10-12-3-7-24-8-4-12)22-17(21-15)23-6-5-19-11-23/h1-2,5-6,9,11-12H,3-4,7-8,10H2,(H,20,21,22). The second kappa shape index (κ2) is 6.86. The van der Waals surface area contributed by atoms with Gasteiger partial charge in [0, 0.05) is 42.0 Å². The third-order valence-corrected chi connectivity index (χ3v) is 4.77. The van der Waals surface area contributed by atoms with Crippen LogP contribution < -0.4 is 5.32 Å². The molecular formula is C17H18BrN5O. The maximum Gasteiger partial charge on any atom is 0.237 e. The van der Waals surface area contributed by atoms with Crippen molar-refractivity contribution < 1.29 is 4.74 Å². The number of hydrogen-bond acceptors (Lipinski definition) is 5. The number of benzene rings is 1. The highest BCUT2D eigenvalue weighted by molar-refractivity contribution is 9.10. The van der Waals surface area contributed by atoms with Crippen LogP contribution in [0.25, 0.3) is 16.9 Å². The van der Waals surface area contributed by atoms with Crippen LogP contribution in [0.2, 0.25) is 0 Å². The maximum absolute atomic E-state index is 5.44. The SMILES string of the molecule is Brc1ccc2nc(-n3ccnc3)nc(NCC3CCOCC3)c2c1. The first kappa shape index (κ1) is 15.5. The van der Waals surface area contributed by atoms with Crippen molar-refractivity contribution in [3.63, 3.8) is 0 Å². The van der Waals surface area contributed by atoms with Gasteiger partial charge in [0.2, 0.25) is 5.95 Å². The van der Waals surface area contributed by atoms with E-state index in [1.165, 1.54) is 0 Å². The lowest BCUT2D eigenvalue weighted by Crippen LogP contribution is -2.23. The van der Waals surface area contributed by atoms with Gasteiger partial charge in [0.1, 0.15) is 12.1 Å². The molecule has 0 unspecified atom stereocenters. The van der Waals surface area contributed by atoms with Crippen molar-refractivity contribution in [2.75, 3.05) is 25.1 Å². The summed E-state index contributed by atoms with van der Waals surface area (Å²) in [5.74, 6) is 2.10. The summed E-state index contributed by atoms with van der Waals surface area (Å²) in [7, 11) is 0. The molecule has 1 aliphatic rings. The first-order valence-corrected chi connectivity index (χ1v) is 8.86. The van der Waals surface area contributed by atoms with Gasteiger partial charge in [-0.3, -0.25) is 4.57 Å². The Morgan fingerprint density at radius 3 is 2.92 bits per heavy atom. The van der Waals surface area contributed by atoms with E-state index in [4.69, 9.17) is 9.72 Å². The monoisotopic (exact) mass is 387 g/mol. The van der Waals surface area contributed by atoms with Gasteiger partial charge in [-0.25, -0.2) is 9.97 Å². The van der Waals surface area contributed by atoms with Crippen LogP contribution >= 0.6 is 15.9 Å². The first-order valence-electron chi connectivity index (χ1n) is 8.07. The maximum atomic E-state index is 5.44. The Kier molecular flexibility index (Phi) is 4.44. The number of imidazole rings is 1. The van der Waals surface area contributed by atoms with E-state index >= 15 is 0 Å². The molecule has 0 bridgehead atoms. The highest BCUT2D eigenvalue weighted by Gasteiger charge is 2.15. The molecule has 0 saturated carbocycles. The van der Waals surface area contributed by atoms with Crippen LogP contribution in [0.5, 0.6) is 0 Å². The molecular weight excluding hydrogens is 370 g/mol. The average molecular weight is 388 g/mol. The Labute approximate surface area is 148 Å². The molecule has 0 radical (unpaired) electrons. The number of rotatable bonds is 4. The summed E-state index contributed by atoms with van der Waals surface area (Å²) in [6.07, 6.45) is 7.47. The third kappa shape index (κ3) is 3.27. The fraction of sp³-hybridized carbons (Fsp3) is 0.353. The van der Waals surface area contributed by atoms with Gasteiger partial charge in [-0.15, -0.1) is 0 Å². The van der Waals surface area contributed by atoms with Crippen molar-refractivity contribution in [2.45, 2.75) is 12.8 Å². The number of anilines is 1. The molecule has 7 heteroatoms. The van der Waals surface area contributed by atoms with Crippen molar-refractivity contribution in [3.05, 3.63) is 41.4 Å². The molecule has 3 aromatic rings. The number of fused-ring (bicyclic) bond motifs is 1. The van der Waals surface area contributed by atoms with Crippen molar-refractivity contribution >= 4 is 32.7 Å². The molecule has 1 N–H and O–H groups in total. The first-order chi connectivity index (χ1) is 11.8. The van der Waals surface area contributed by atoms with Gasteiger partial charge in [-0.1, -0.05) is 15.9 Å². The number of ether oxygens (including phenoxy) is 1. The highest BCUT2D eigenvalue weighted by atomic mass is 79.9. The van der Waals surface area contributed by atoms with Crippen LogP contribution in [0.15, 0.2) is 41.4 Å². The summed E-state index contributed by atoms with van der Waals surface area (Å²) in [6, 6.07) is 6.05. The van der Waals surface area contributed by atoms with Gasteiger partial charge in [0.25, 0.3) is 0 Å². The van der Waals surface area contributed by atoms with Gasteiger partial charge >= 0.3 is 0 Å². The summed E-state index contributed by atoms with van der Waals surface area (Å²) in [6.45, 7) is 2.59. The Morgan fingerprint density at radius 1 is 1.25 bits per heavy atom. The molecule has 0 atom stereocenters. The molecule has 0 spiro atoms. The van der Waals surface area contributed by atoms with E-state index in [-0.39, 0.29) is 0 Å². The molecule has 1 aromatic carbocycles. The average Bonchev–Trinajstić information content (AvgIpc) is 3.15. The van der Waals surface area contributed by atoms with E-state index in [1.54, 1.807) is 12.5 Å². The van der Waals surface area contributed by atoms with Crippen molar-refractivity contribution in [2.24, 2.45) is 5.92 Å². The summed E-state index contributed by atoms with van der Waals surface area (Å²) in [5, 5.41) is 4.54. The van der Waals surface area contributed by atoms with E-state index in [0.717, 1.165) is 53.8 Å². The van der Waals surface area contributed by atoms with E-state index < -0.39 is 0 Å². The van der Waals surface area contributed by atoms with Crippen LogP contribution in [0.4, 0.5) is 5.82 Å². The molecule has 1 saturated heterocycles. The summed E-state index contributed by atoms with van der Waals surface area (Å²) < 4.78 is 8.27. The van der Waals surface area contributed by atoms with Crippen molar-refractivity contribution in [3.8, 4) is 5.95 Å². The Bertz CT molecular complexity index is 830. The Morgan fingerprint density at radius 2 is 2.12 bits per heavy atom. The van der Waals surface area contributed by atoms with E-state index in [2.05, 4.69) is 37.3 Å². The van der Waals surface area contributed by atoms with Crippen LogP contribution in [-0.2, 0) is 4.74 Å². The van der Waals surface area contributed by atoms with Gasteiger partial charge < -0.3 is 10.1 Å². The number of hydrogen-bond donors (Lipinski definition) is 1. The van der Waals surface area contributed by atoms with E-state index in [1.807, 2.05) is 22.9 Å². The lowest BCUT2D eigenvalue weighted by atomic mass is 10.0. The summed E-state index contributed by atoms with van der Waals surface area (Å²) >= 11 is 3.54. The number of aromatic nitrogens is 4. The van der Waals surface area contributed by atoms with Crippen LogP contribution in [0, 0.1) is 5.92 Å². The molecule has 6 nitrogen and oxygen atoms in total. The summed E-state index contributed by atoms with van der Waals surface area (Å²) in [5.41, 5.74) is 0.909. The van der Waals surface area contributed by atoms with Gasteiger partial charge in [-0.2, -0.15) is 4.98 Å². The molecule has 3 heterocycles. The minimum absolute atomic E-state index is 0.618. The second-order valence-electron chi connectivity index (χ2n) is 5.94. The Balaban J connectivity index is 1.69. The zero-order valence-corrected chi connectivity index (χ0v) is 14.7. The molecule has 2 aromatic heterocycles. The van der Waals surface area contributed by atoms with Gasteiger partial charge in [-0.05, 0) is 37.0 Å². The lowest BCUT2D eigenvalue weighted by Gasteiger charge is -2.22. The lowest BCUT2D eigenvalue weighted by molar-refractivity contribution is 0.0699. The largest absolute Gasteiger partial charge is 0.381 e. The minimum atomic E-state index is 0.618. The van der Waals surface area contributed by atoms with E-state index in [0.29, 0.717) is 11.9 Å². The predicted molar refractivity (Wildman–Crippen MR) is 96.4 cm³/mol. The second-order valence-corrected chi connectivity index (χ2v) is 6.86. The number of halogens is 1. The fourth-order valence-electron chi connectivity index (χ4n) is 2.91. The smallest absolute Gasteiger partial charge is 0.237 e. The van der Waals surface area contributed by atoms with Gasteiger partial charge in [0.15, 0.2) is 0 Å². The molecule has 1 aliphatic heterocycles.